The molecule has 1 heterocycles. The van der Waals surface area contributed by atoms with Crippen LogP contribution in [-0.2, 0) is 0 Å². The number of nitrogens with one attached hydrogen (secondary N) is 1. The molecule has 5 heteroatoms. The number of nitrogens with two attached hydrogens (primary N) is 1. The Bertz CT molecular complexity index is 425. The molecule has 1 atom stereocenters. The van der Waals surface area contributed by atoms with Gasteiger partial charge in [0.15, 0.2) is 0 Å². The summed E-state index contributed by atoms with van der Waals surface area (Å²) < 4.78 is 13.2. The lowest BCUT2D eigenvalue weighted by Crippen LogP contribution is -2.22. The summed E-state index contributed by atoms with van der Waals surface area (Å²) in [6.45, 7) is 6.39. The van der Waals surface area contributed by atoms with Gasteiger partial charge in [-0.1, -0.05) is 18.5 Å². The Hall–Kier alpha value is -1.00. The Kier molecular flexibility index (Phi) is 4.30. The normalized spacial score (nSPS) is 20.3. The van der Waals surface area contributed by atoms with Crippen molar-refractivity contribution < 1.29 is 4.39 Å². The summed E-state index contributed by atoms with van der Waals surface area (Å²) in [6, 6.07) is 2.82. The Labute approximate surface area is 112 Å². The van der Waals surface area contributed by atoms with Gasteiger partial charge in [-0.25, -0.2) is 4.39 Å². The summed E-state index contributed by atoms with van der Waals surface area (Å²) in [7, 11) is 0. The van der Waals surface area contributed by atoms with Crippen LogP contribution in [0, 0.1) is 11.7 Å². The number of halogens is 2. The monoisotopic (exact) mass is 271 g/mol. The van der Waals surface area contributed by atoms with Gasteiger partial charge in [0.05, 0.1) is 16.4 Å². The minimum absolute atomic E-state index is 0.105. The van der Waals surface area contributed by atoms with Gasteiger partial charge in [-0.3, -0.25) is 0 Å². The molecule has 0 aromatic heterocycles. The van der Waals surface area contributed by atoms with Crippen molar-refractivity contribution in [1.82, 2.24) is 4.90 Å². The molecule has 3 N–H and O–H groups in total. The maximum Gasteiger partial charge on any atom is 0.143 e. The molecule has 0 amide bonds. The summed E-state index contributed by atoms with van der Waals surface area (Å²) in [5, 5.41) is 3.37. The van der Waals surface area contributed by atoms with Gasteiger partial charge in [-0.2, -0.15) is 0 Å². The molecule has 1 aliphatic rings. The van der Waals surface area contributed by atoms with Gasteiger partial charge in [-0.15, -0.1) is 0 Å². The summed E-state index contributed by atoms with van der Waals surface area (Å²) >= 11 is 5.75. The average molecular weight is 272 g/mol. The second-order valence-corrected chi connectivity index (χ2v) is 5.19. The highest BCUT2D eigenvalue weighted by Crippen LogP contribution is 2.27. The molecule has 0 spiro atoms. The molecule has 18 heavy (non-hydrogen) atoms. The molecule has 1 fully saturated rings. The zero-order valence-electron chi connectivity index (χ0n) is 10.5. The molecule has 0 saturated carbocycles. The molecule has 2 rings (SSSR count). The molecule has 1 saturated heterocycles. The van der Waals surface area contributed by atoms with Crippen LogP contribution in [0.25, 0.3) is 0 Å². The molecule has 3 nitrogen and oxygen atoms in total. The third kappa shape index (κ3) is 3.06. The van der Waals surface area contributed by atoms with E-state index in [1.54, 1.807) is 6.07 Å². The van der Waals surface area contributed by atoms with Crippen LogP contribution in [0.1, 0.15) is 13.3 Å². The highest BCUT2D eigenvalue weighted by molar-refractivity contribution is 6.31. The summed E-state index contributed by atoms with van der Waals surface area (Å²) in [4.78, 5) is 2.42. The molecular weight excluding hydrogens is 253 g/mol. The van der Waals surface area contributed by atoms with Crippen molar-refractivity contribution >= 4 is 23.0 Å². The molecule has 1 aliphatic heterocycles. The molecule has 1 aromatic carbocycles. The number of rotatable bonds is 4. The number of nitrogens with zero attached hydrogens (tertiary/aromatic N) is 1. The number of hydrogen-bond donors (Lipinski definition) is 2. The van der Waals surface area contributed by atoms with Crippen molar-refractivity contribution in [2.24, 2.45) is 5.92 Å². The lowest BCUT2D eigenvalue weighted by molar-refractivity contribution is 0.345. The van der Waals surface area contributed by atoms with Gasteiger partial charge in [0, 0.05) is 19.2 Å². The Balaban J connectivity index is 1.93. The largest absolute Gasteiger partial charge is 0.397 e. The van der Waals surface area contributed by atoms with Crippen molar-refractivity contribution in [2.45, 2.75) is 13.3 Å². The SMILES string of the molecule is CCN1CCC(CNc2cc(Cl)c(F)cc2N)C1. The zero-order valence-corrected chi connectivity index (χ0v) is 11.3. The maximum atomic E-state index is 13.2. The predicted octanol–water partition coefficient (Wildman–Crippen LogP) is 2.82. The number of anilines is 2. The molecule has 0 aliphatic carbocycles. The van der Waals surface area contributed by atoms with Gasteiger partial charge in [0.2, 0.25) is 0 Å². The van der Waals surface area contributed by atoms with Crippen LogP contribution in [0.2, 0.25) is 5.02 Å². The lowest BCUT2D eigenvalue weighted by Gasteiger charge is -2.15. The number of benzene rings is 1. The van der Waals surface area contributed by atoms with Crippen LogP contribution in [0.15, 0.2) is 12.1 Å². The van der Waals surface area contributed by atoms with Crippen LogP contribution in [0.3, 0.4) is 0 Å². The first-order valence-electron chi connectivity index (χ1n) is 6.31. The first kappa shape index (κ1) is 13.4. The fourth-order valence-corrected chi connectivity index (χ4v) is 2.50. The minimum atomic E-state index is -0.474. The van der Waals surface area contributed by atoms with E-state index in [2.05, 4.69) is 17.1 Å². The standard InChI is InChI=1S/C13H19ClFN3/c1-2-18-4-3-9(8-18)7-17-13-5-10(14)11(15)6-12(13)16/h5-6,9,17H,2-4,7-8,16H2,1H3. The summed E-state index contributed by atoms with van der Waals surface area (Å²) in [5.41, 5.74) is 6.88. The number of nitrogen functional groups attached to an aromatic ring is 1. The number of hydrogen-bond acceptors (Lipinski definition) is 3. The van der Waals surface area contributed by atoms with Gasteiger partial charge in [-0.05, 0) is 31.5 Å². The number of likely N-dealkylation sites (tertiary alicyclic amines) is 1. The fourth-order valence-electron chi connectivity index (χ4n) is 2.34. The predicted molar refractivity (Wildman–Crippen MR) is 74.5 cm³/mol. The van der Waals surface area contributed by atoms with E-state index in [1.807, 2.05) is 0 Å². The van der Waals surface area contributed by atoms with Gasteiger partial charge in [0.1, 0.15) is 5.82 Å². The van der Waals surface area contributed by atoms with E-state index in [0.29, 0.717) is 11.6 Å². The Morgan fingerprint density at radius 2 is 2.33 bits per heavy atom. The van der Waals surface area contributed by atoms with Crippen LogP contribution < -0.4 is 11.1 Å². The van der Waals surface area contributed by atoms with Crippen molar-refractivity contribution in [3.63, 3.8) is 0 Å². The Morgan fingerprint density at radius 1 is 1.56 bits per heavy atom. The van der Waals surface area contributed by atoms with E-state index in [4.69, 9.17) is 17.3 Å². The van der Waals surface area contributed by atoms with E-state index in [1.165, 1.54) is 12.5 Å². The van der Waals surface area contributed by atoms with Gasteiger partial charge >= 0.3 is 0 Å². The second kappa shape index (κ2) is 5.76. The quantitative estimate of drug-likeness (QED) is 0.828. The van der Waals surface area contributed by atoms with E-state index < -0.39 is 5.82 Å². The van der Waals surface area contributed by atoms with Gasteiger partial charge < -0.3 is 16.0 Å². The second-order valence-electron chi connectivity index (χ2n) is 4.78. The van der Waals surface area contributed by atoms with Crippen LogP contribution in [0.4, 0.5) is 15.8 Å². The maximum absolute atomic E-state index is 13.2. The fraction of sp³-hybridized carbons (Fsp3) is 0.538. The first-order valence-corrected chi connectivity index (χ1v) is 6.68. The van der Waals surface area contributed by atoms with Crippen molar-refractivity contribution in [1.29, 1.82) is 0 Å². The third-order valence-corrected chi connectivity index (χ3v) is 3.78. The average Bonchev–Trinajstić information content (AvgIpc) is 2.80. The molecule has 0 radical (unpaired) electrons. The third-order valence-electron chi connectivity index (χ3n) is 3.49. The lowest BCUT2D eigenvalue weighted by atomic mass is 10.1. The van der Waals surface area contributed by atoms with Crippen LogP contribution >= 0.6 is 11.6 Å². The highest BCUT2D eigenvalue weighted by Gasteiger charge is 2.21. The molecular formula is C13H19ClFN3. The Morgan fingerprint density at radius 3 is 3.00 bits per heavy atom. The molecule has 1 unspecified atom stereocenters. The first-order chi connectivity index (χ1) is 8.60. The molecule has 0 bridgehead atoms. The van der Waals surface area contributed by atoms with Crippen molar-refractivity contribution in [3.8, 4) is 0 Å². The van der Waals surface area contributed by atoms with Crippen LogP contribution in [0.5, 0.6) is 0 Å². The van der Waals surface area contributed by atoms with E-state index >= 15 is 0 Å². The van der Waals surface area contributed by atoms with Crippen LogP contribution in [-0.4, -0.2) is 31.1 Å². The summed E-state index contributed by atoms with van der Waals surface area (Å²) in [5.74, 6) is 0.144. The van der Waals surface area contributed by atoms with E-state index in [9.17, 15) is 4.39 Å². The molecule has 1 aromatic rings. The van der Waals surface area contributed by atoms with Gasteiger partial charge in [0.25, 0.3) is 0 Å². The van der Waals surface area contributed by atoms with E-state index in [-0.39, 0.29) is 5.02 Å². The van der Waals surface area contributed by atoms with Crippen molar-refractivity contribution in [2.75, 3.05) is 37.2 Å². The summed E-state index contributed by atoms with van der Waals surface area (Å²) in [6.07, 6.45) is 1.19. The van der Waals surface area contributed by atoms with E-state index in [0.717, 1.165) is 31.9 Å². The minimum Gasteiger partial charge on any atom is -0.397 e. The topological polar surface area (TPSA) is 41.3 Å². The zero-order chi connectivity index (χ0) is 13.1. The molecule has 100 valence electrons. The smallest absolute Gasteiger partial charge is 0.143 e. The highest BCUT2D eigenvalue weighted by atomic mass is 35.5. The van der Waals surface area contributed by atoms with Crippen molar-refractivity contribution in [3.05, 3.63) is 23.0 Å².